The van der Waals surface area contributed by atoms with Crippen LogP contribution < -0.4 is 0 Å². The Bertz CT molecular complexity index is 265. The zero-order valence-electron chi connectivity index (χ0n) is 14.0. The highest BCUT2D eigenvalue weighted by Crippen LogP contribution is 2.34. The second kappa shape index (κ2) is 9.57. The molecule has 1 atom stereocenters. The van der Waals surface area contributed by atoms with Crippen LogP contribution >= 0.6 is 0 Å². The third-order valence-electron chi connectivity index (χ3n) is 4.32. The molecule has 0 N–H and O–H groups in total. The van der Waals surface area contributed by atoms with Gasteiger partial charge < -0.3 is 9.47 Å². The van der Waals surface area contributed by atoms with E-state index >= 15 is 0 Å². The average molecular weight is 282 g/mol. The van der Waals surface area contributed by atoms with Crippen molar-refractivity contribution in [2.75, 3.05) is 13.2 Å². The summed E-state index contributed by atoms with van der Waals surface area (Å²) in [6.45, 7) is 10.5. The van der Waals surface area contributed by atoms with Crippen LogP contribution in [-0.4, -0.2) is 19.0 Å². The SMILES string of the molecule is CCCCC/C=C\C[C@H](C)CCC1(C(C)C)OCCO1. The smallest absolute Gasteiger partial charge is 0.170 e. The van der Waals surface area contributed by atoms with Gasteiger partial charge >= 0.3 is 0 Å². The molecule has 1 heterocycles. The van der Waals surface area contributed by atoms with E-state index in [0.29, 0.717) is 11.8 Å². The van der Waals surface area contributed by atoms with Crippen LogP contribution in [0.2, 0.25) is 0 Å². The summed E-state index contributed by atoms with van der Waals surface area (Å²) in [7, 11) is 0. The van der Waals surface area contributed by atoms with Crippen LogP contribution in [0.15, 0.2) is 12.2 Å². The molecule has 0 amide bonds. The fraction of sp³-hybridized carbons (Fsp3) is 0.889. The second-order valence-electron chi connectivity index (χ2n) is 6.51. The van der Waals surface area contributed by atoms with Gasteiger partial charge in [-0.15, -0.1) is 0 Å². The standard InChI is InChI=1S/C18H34O2/c1-5-6-7-8-9-10-11-17(4)12-13-18(16(2)3)19-14-15-20-18/h9-10,16-17H,5-8,11-15H2,1-4H3/b10-9-/t17-/m0/s1. The molecule has 0 aromatic carbocycles. The van der Waals surface area contributed by atoms with Crippen LogP contribution in [-0.2, 0) is 9.47 Å². The van der Waals surface area contributed by atoms with E-state index in [1.807, 2.05) is 0 Å². The summed E-state index contributed by atoms with van der Waals surface area (Å²) in [6.07, 6.45) is 13.3. The summed E-state index contributed by atoms with van der Waals surface area (Å²) in [6, 6.07) is 0. The third kappa shape index (κ3) is 5.97. The lowest BCUT2D eigenvalue weighted by Gasteiger charge is -2.32. The Morgan fingerprint density at radius 3 is 2.35 bits per heavy atom. The minimum atomic E-state index is -0.306. The molecule has 1 rings (SSSR count). The van der Waals surface area contributed by atoms with E-state index in [1.54, 1.807) is 0 Å². The van der Waals surface area contributed by atoms with Crippen LogP contribution in [0.3, 0.4) is 0 Å². The van der Waals surface area contributed by atoms with Crippen molar-refractivity contribution in [1.29, 1.82) is 0 Å². The first-order chi connectivity index (χ1) is 9.60. The van der Waals surface area contributed by atoms with E-state index in [-0.39, 0.29) is 5.79 Å². The van der Waals surface area contributed by atoms with Crippen molar-refractivity contribution < 1.29 is 9.47 Å². The highest BCUT2D eigenvalue weighted by atomic mass is 16.7. The van der Waals surface area contributed by atoms with E-state index in [0.717, 1.165) is 19.6 Å². The van der Waals surface area contributed by atoms with Crippen molar-refractivity contribution in [2.45, 2.75) is 78.4 Å². The lowest BCUT2D eigenvalue weighted by molar-refractivity contribution is -0.194. The molecule has 1 aliphatic rings. The predicted molar refractivity (Wildman–Crippen MR) is 85.8 cm³/mol. The van der Waals surface area contributed by atoms with Crippen LogP contribution in [0.4, 0.5) is 0 Å². The molecule has 0 saturated carbocycles. The Morgan fingerprint density at radius 2 is 1.75 bits per heavy atom. The number of rotatable bonds is 10. The number of ether oxygens (including phenoxy) is 2. The first-order valence-corrected chi connectivity index (χ1v) is 8.53. The fourth-order valence-corrected chi connectivity index (χ4v) is 2.76. The van der Waals surface area contributed by atoms with E-state index in [2.05, 4.69) is 39.8 Å². The molecule has 1 aliphatic heterocycles. The highest BCUT2D eigenvalue weighted by molar-refractivity contribution is 4.85. The van der Waals surface area contributed by atoms with Crippen molar-refractivity contribution in [3.8, 4) is 0 Å². The molecule has 1 fully saturated rings. The summed E-state index contributed by atoms with van der Waals surface area (Å²) in [5.74, 6) is 0.835. The Hall–Kier alpha value is -0.340. The molecule has 0 radical (unpaired) electrons. The van der Waals surface area contributed by atoms with Gasteiger partial charge in [-0.1, -0.05) is 52.7 Å². The van der Waals surface area contributed by atoms with Gasteiger partial charge in [0.05, 0.1) is 13.2 Å². The first-order valence-electron chi connectivity index (χ1n) is 8.53. The third-order valence-corrected chi connectivity index (χ3v) is 4.32. The van der Waals surface area contributed by atoms with Gasteiger partial charge in [0.15, 0.2) is 5.79 Å². The van der Waals surface area contributed by atoms with Crippen molar-refractivity contribution in [3.05, 3.63) is 12.2 Å². The highest BCUT2D eigenvalue weighted by Gasteiger charge is 2.39. The van der Waals surface area contributed by atoms with E-state index in [9.17, 15) is 0 Å². The van der Waals surface area contributed by atoms with Gasteiger partial charge in [0.25, 0.3) is 0 Å². The molecule has 0 aliphatic carbocycles. The minimum absolute atomic E-state index is 0.306. The molecule has 118 valence electrons. The van der Waals surface area contributed by atoms with Gasteiger partial charge in [-0.05, 0) is 31.6 Å². The average Bonchev–Trinajstić information content (AvgIpc) is 2.90. The van der Waals surface area contributed by atoms with Gasteiger partial charge in [-0.3, -0.25) is 0 Å². The molecule has 2 heteroatoms. The molecule has 2 nitrogen and oxygen atoms in total. The summed E-state index contributed by atoms with van der Waals surface area (Å²) >= 11 is 0. The maximum absolute atomic E-state index is 5.88. The summed E-state index contributed by atoms with van der Waals surface area (Å²) < 4.78 is 11.8. The molecular weight excluding hydrogens is 248 g/mol. The Labute approximate surface area is 125 Å². The Morgan fingerprint density at radius 1 is 1.05 bits per heavy atom. The first kappa shape index (κ1) is 17.7. The molecule has 0 unspecified atom stereocenters. The topological polar surface area (TPSA) is 18.5 Å². The van der Waals surface area contributed by atoms with E-state index in [1.165, 1.54) is 38.5 Å². The van der Waals surface area contributed by atoms with Gasteiger partial charge in [-0.25, -0.2) is 0 Å². The summed E-state index contributed by atoms with van der Waals surface area (Å²) in [5, 5.41) is 0. The van der Waals surface area contributed by atoms with Gasteiger partial charge in [0.2, 0.25) is 0 Å². The van der Waals surface area contributed by atoms with Gasteiger partial charge in [-0.2, -0.15) is 0 Å². The largest absolute Gasteiger partial charge is 0.347 e. The number of unbranched alkanes of at least 4 members (excludes halogenated alkanes) is 3. The number of hydrogen-bond donors (Lipinski definition) is 0. The monoisotopic (exact) mass is 282 g/mol. The van der Waals surface area contributed by atoms with Crippen molar-refractivity contribution in [3.63, 3.8) is 0 Å². The lowest BCUT2D eigenvalue weighted by atomic mass is 9.92. The van der Waals surface area contributed by atoms with E-state index in [4.69, 9.17) is 9.47 Å². The fourth-order valence-electron chi connectivity index (χ4n) is 2.76. The van der Waals surface area contributed by atoms with Crippen molar-refractivity contribution in [2.24, 2.45) is 11.8 Å². The molecule has 20 heavy (non-hydrogen) atoms. The van der Waals surface area contributed by atoms with Crippen LogP contribution in [0, 0.1) is 11.8 Å². The van der Waals surface area contributed by atoms with E-state index < -0.39 is 0 Å². The molecule has 0 aromatic heterocycles. The van der Waals surface area contributed by atoms with Gasteiger partial charge in [0, 0.05) is 12.3 Å². The summed E-state index contributed by atoms with van der Waals surface area (Å²) in [5.41, 5.74) is 0. The van der Waals surface area contributed by atoms with Crippen LogP contribution in [0.5, 0.6) is 0 Å². The Kier molecular flexibility index (Phi) is 8.47. The van der Waals surface area contributed by atoms with Crippen molar-refractivity contribution in [1.82, 2.24) is 0 Å². The summed E-state index contributed by atoms with van der Waals surface area (Å²) in [4.78, 5) is 0. The molecule has 0 aromatic rings. The van der Waals surface area contributed by atoms with Gasteiger partial charge in [0.1, 0.15) is 0 Å². The predicted octanol–water partition coefficient (Wildman–Crippen LogP) is 5.33. The second-order valence-corrected chi connectivity index (χ2v) is 6.51. The Balaban J connectivity index is 2.20. The zero-order valence-corrected chi connectivity index (χ0v) is 14.0. The molecule has 0 spiro atoms. The minimum Gasteiger partial charge on any atom is -0.347 e. The van der Waals surface area contributed by atoms with Crippen LogP contribution in [0.1, 0.15) is 72.6 Å². The van der Waals surface area contributed by atoms with Crippen molar-refractivity contribution >= 4 is 0 Å². The number of allylic oxidation sites excluding steroid dienone is 2. The maximum Gasteiger partial charge on any atom is 0.170 e. The molecular formula is C18H34O2. The maximum atomic E-state index is 5.88. The zero-order chi connectivity index (χ0) is 14.8. The molecule has 0 bridgehead atoms. The quantitative estimate of drug-likeness (QED) is 0.398. The van der Waals surface area contributed by atoms with Crippen LogP contribution in [0.25, 0.3) is 0 Å². The number of hydrogen-bond acceptors (Lipinski definition) is 2. The normalized spacial score (nSPS) is 20.1. The lowest BCUT2D eigenvalue weighted by Crippen LogP contribution is -2.36. The molecule has 1 saturated heterocycles.